The third-order valence-electron chi connectivity index (χ3n) is 3.39. The molecule has 104 valence electrons. The third-order valence-corrected chi connectivity index (χ3v) is 3.88. The molecule has 0 aliphatic carbocycles. The molecule has 7 heteroatoms. The fourth-order valence-electron chi connectivity index (χ4n) is 2.43. The molecule has 1 unspecified atom stereocenters. The van der Waals surface area contributed by atoms with Crippen molar-refractivity contribution in [2.24, 2.45) is 0 Å². The van der Waals surface area contributed by atoms with Crippen LogP contribution in [0.25, 0.3) is 0 Å². The third kappa shape index (κ3) is 1.93. The molecule has 1 aromatic heterocycles. The number of halogens is 3. The van der Waals surface area contributed by atoms with Crippen molar-refractivity contribution in [1.82, 2.24) is 15.1 Å². The minimum Gasteiger partial charge on any atom is -0.339 e. The van der Waals surface area contributed by atoms with E-state index in [-0.39, 0.29) is 12.2 Å². The van der Waals surface area contributed by atoms with Gasteiger partial charge in [-0.15, -0.1) is 0 Å². The van der Waals surface area contributed by atoms with Gasteiger partial charge in [0.25, 0.3) is 5.91 Å². The highest BCUT2D eigenvalue weighted by atomic mass is 79.9. The van der Waals surface area contributed by atoms with Crippen LogP contribution in [0, 0.1) is 11.6 Å². The van der Waals surface area contributed by atoms with Gasteiger partial charge in [0.05, 0.1) is 18.3 Å². The van der Waals surface area contributed by atoms with Crippen molar-refractivity contribution in [2.45, 2.75) is 19.0 Å². The Bertz CT molecular complexity index is 716. The molecular formula is C13H10BrF2N3O. The van der Waals surface area contributed by atoms with E-state index in [2.05, 4.69) is 26.3 Å². The highest BCUT2D eigenvalue weighted by molar-refractivity contribution is 9.10. The Kier molecular flexibility index (Phi) is 2.89. The van der Waals surface area contributed by atoms with Gasteiger partial charge in [0.2, 0.25) is 0 Å². The van der Waals surface area contributed by atoms with Crippen molar-refractivity contribution < 1.29 is 13.6 Å². The van der Waals surface area contributed by atoms with Crippen LogP contribution in [0.5, 0.6) is 0 Å². The Morgan fingerprint density at radius 2 is 2.15 bits per heavy atom. The van der Waals surface area contributed by atoms with Crippen LogP contribution in [-0.4, -0.2) is 15.7 Å². The van der Waals surface area contributed by atoms with E-state index in [1.807, 2.05) is 0 Å². The van der Waals surface area contributed by atoms with E-state index in [4.69, 9.17) is 0 Å². The Morgan fingerprint density at radius 1 is 1.40 bits per heavy atom. The Morgan fingerprint density at radius 3 is 2.90 bits per heavy atom. The lowest BCUT2D eigenvalue weighted by atomic mass is 9.89. The molecule has 3 rings (SSSR count). The van der Waals surface area contributed by atoms with Crippen LogP contribution in [0.3, 0.4) is 0 Å². The van der Waals surface area contributed by atoms with Crippen molar-refractivity contribution in [3.05, 3.63) is 51.8 Å². The quantitative estimate of drug-likeness (QED) is 0.866. The fourth-order valence-corrected chi connectivity index (χ4v) is 2.79. The predicted molar refractivity (Wildman–Crippen MR) is 71.1 cm³/mol. The van der Waals surface area contributed by atoms with Crippen LogP contribution in [0.15, 0.2) is 28.9 Å². The van der Waals surface area contributed by atoms with E-state index in [1.165, 1.54) is 10.7 Å². The zero-order valence-corrected chi connectivity index (χ0v) is 12.0. The summed E-state index contributed by atoms with van der Waals surface area (Å²) in [6.45, 7) is 1.84. The number of nitrogens with zero attached hydrogens (tertiary/aromatic N) is 2. The van der Waals surface area contributed by atoms with Crippen LogP contribution in [0.2, 0.25) is 0 Å². The molecule has 4 nitrogen and oxygen atoms in total. The van der Waals surface area contributed by atoms with Gasteiger partial charge in [-0.1, -0.05) is 15.9 Å². The molecule has 0 fully saturated rings. The first-order valence-electron chi connectivity index (χ1n) is 5.90. The summed E-state index contributed by atoms with van der Waals surface area (Å²) >= 11 is 3.28. The molecule has 20 heavy (non-hydrogen) atoms. The number of hydrogen-bond donors (Lipinski definition) is 1. The summed E-state index contributed by atoms with van der Waals surface area (Å²) in [7, 11) is 0. The van der Waals surface area contributed by atoms with Gasteiger partial charge in [-0.2, -0.15) is 5.10 Å². The van der Waals surface area contributed by atoms with Gasteiger partial charge in [0.15, 0.2) is 11.5 Å². The van der Waals surface area contributed by atoms with Gasteiger partial charge in [-0.3, -0.25) is 9.48 Å². The molecule has 1 amide bonds. The molecule has 0 radical (unpaired) electrons. The van der Waals surface area contributed by atoms with E-state index < -0.39 is 23.1 Å². The monoisotopic (exact) mass is 341 g/mol. The lowest BCUT2D eigenvalue weighted by Gasteiger charge is -2.35. The molecule has 1 aliphatic heterocycles. The highest BCUT2D eigenvalue weighted by Gasteiger charge is 2.39. The van der Waals surface area contributed by atoms with Crippen molar-refractivity contribution >= 4 is 21.8 Å². The highest BCUT2D eigenvalue weighted by Crippen LogP contribution is 2.31. The molecule has 1 N–H and O–H groups in total. The first-order valence-corrected chi connectivity index (χ1v) is 6.69. The number of hydrogen-bond acceptors (Lipinski definition) is 2. The molecular weight excluding hydrogens is 332 g/mol. The zero-order valence-electron chi connectivity index (χ0n) is 10.5. The molecule has 1 atom stereocenters. The summed E-state index contributed by atoms with van der Waals surface area (Å²) in [6, 6.07) is 4.49. The normalized spacial score (nSPS) is 21.5. The smallest absolute Gasteiger partial charge is 0.273 e. The van der Waals surface area contributed by atoms with Crippen LogP contribution < -0.4 is 5.32 Å². The molecule has 0 saturated heterocycles. The molecule has 0 saturated carbocycles. The number of carbonyl (C=O) groups is 1. The van der Waals surface area contributed by atoms with Gasteiger partial charge in [0.1, 0.15) is 5.82 Å². The molecule has 1 aromatic carbocycles. The van der Waals surface area contributed by atoms with Crippen LogP contribution in [0.1, 0.15) is 23.0 Å². The lowest BCUT2D eigenvalue weighted by Crippen LogP contribution is -2.52. The van der Waals surface area contributed by atoms with E-state index in [0.717, 1.165) is 6.20 Å². The molecule has 1 aliphatic rings. The van der Waals surface area contributed by atoms with E-state index in [1.54, 1.807) is 19.1 Å². The molecule has 0 spiro atoms. The lowest BCUT2D eigenvalue weighted by molar-refractivity contribution is 0.0830. The first-order chi connectivity index (χ1) is 9.40. The van der Waals surface area contributed by atoms with Crippen molar-refractivity contribution in [1.29, 1.82) is 0 Å². The second kappa shape index (κ2) is 4.37. The number of fused-ring (bicyclic) bond motifs is 1. The van der Waals surface area contributed by atoms with Crippen molar-refractivity contribution in [3.63, 3.8) is 0 Å². The average Bonchev–Trinajstić information content (AvgIpc) is 2.73. The zero-order chi connectivity index (χ0) is 14.5. The molecule has 0 bridgehead atoms. The summed E-state index contributed by atoms with van der Waals surface area (Å²) in [5.74, 6) is -1.72. The number of benzene rings is 1. The Hall–Kier alpha value is -1.76. The van der Waals surface area contributed by atoms with E-state index >= 15 is 0 Å². The molecule has 2 heterocycles. The van der Waals surface area contributed by atoms with Gasteiger partial charge in [0, 0.05) is 10.0 Å². The summed E-state index contributed by atoms with van der Waals surface area (Å²) in [5, 5.41) is 6.49. The van der Waals surface area contributed by atoms with Crippen molar-refractivity contribution in [2.75, 3.05) is 0 Å². The summed E-state index contributed by atoms with van der Waals surface area (Å²) in [4.78, 5) is 12.0. The number of nitrogens with one attached hydrogen (secondary N) is 1. The molecule has 2 aromatic rings. The standard InChI is InChI=1S/C13H10BrF2N3O/c1-13(8-4-7(14)2-3-9(8)15)6-19-11(12(20)18-13)10(16)5-17-19/h2-5H,6H2,1H3,(H,18,20). The maximum atomic E-state index is 14.0. The van der Waals surface area contributed by atoms with Gasteiger partial charge < -0.3 is 5.32 Å². The summed E-state index contributed by atoms with van der Waals surface area (Å²) < 4.78 is 29.4. The Labute approximate surface area is 121 Å². The van der Waals surface area contributed by atoms with Gasteiger partial charge in [-0.05, 0) is 25.1 Å². The first kappa shape index (κ1) is 13.2. The summed E-state index contributed by atoms with van der Waals surface area (Å²) in [6.07, 6.45) is 0.984. The second-order valence-electron chi connectivity index (χ2n) is 4.91. The summed E-state index contributed by atoms with van der Waals surface area (Å²) in [5.41, 5.74) is -0.796. The van der Waals surface area contributed by atoms with Gasteiger partial charge in [-0.25, -0.2) is 8.78 Å². The van der Waals surface area contributed by atoms with Crippen LogP contribution in [-0.2, 0) is 12.1 Å². The number of rotatable bonds is 1. The second-order valence-corrected chi connectivity index (χ2v) is 5.82. The topological polar surface area (TPSA) is 46.9 Å². The maximum absolute atomic E-state index is 14.0. The largest absolute Gasteiger partial charge is 0.339 e. The number of aromatic nitrogens is 2. The Balaban J connectivity index is 2.11. The number of amides is 1. The maximum Gasteiger partial charge on any atom is 0.273 e. The van der Waals surface area contributed by atoms with Crippen LogP contribution in [0.4, 0.5) is 8.78 Å². The minimum atomic E-state index is -0.990. The van der Waals surface area contributed by atoms with E-state index in [0.29, 0.717) is 10.0 Å². The van der Waals surface area contributed by atoms with Gasteiger partial charge >= 0.3 is 0 Å². The predicted octanol–water partition coefficient (Wildman–Crippen LogP) is 2.58. The van der Waals surface area contributed by atoms with Crippen molar-refractivity contribution in [3.8, 4) is 0 Å². The number of carbonyl (C=O) groups excluding carboxylic acids is 1. The minimum absolute atomic E-state index is 0.127. The SMILES string of the molecule is CC1(c2cc(Br)ccc2F)Cn2ncc(F)c2C(=O)N1. The van der Waals surface area contributed by atoms with Crippen LogP contribution >= 0.6 is 15.9 Å². The van der Waals surface area contributed by atoms with E-state index in [9.17, 15) is 13.6 Å². The fraction of sp³-hybridized carbons (Fsp3) is 0.231. The average molecular weight is 342 g/mol.